The van der Waals surface area contributed by atoms with Gasteiger partial charge in [0, 0.05) is 24.7 Å². The Kier molecular flexibility index (Phi) is 5.99. The lowest BCUT2D eigenvalue weighted by molar-refractivity contribution is -0.140. The fourth-order valence-corrected chi connectivity index (χ4v) is 4.16. The molecule has 1 unspecified atom stereocenters. The minimum Gasteiger partial charge on any atom is -0.378 e. The smallest absolute Gasteiger partial charge is 0.240 e. The molecule has 2 aliphatic heterocycles. The molecule has 0 aliphatic carbocycles. The van der Waals surface area contributed by atoms with Crippen molar-refractivity contribution in [2.45, 2.75) is 6.04 Å². The highest BCUT2D eigenvalue weighted by Gasteiger charge is 2.35. The summed E-state index contributed by atoms with van der Waals surface area (Å²) >= 11 is 7.74. The largest absolute Gasteiger partial charge is 0.378 e. The van der Waals surface area contributed by atoms with E-state index in [9.17, 15) is 9.59 Å². The maximum atomic E-state index is 12.7. The van der Waals surface area contributed by atoms with E-state index < -0.39 is 0 Å². The summed E-state index contributed by atoms with van der Waals surface area (Å²) in [5.41, 5.74) is 0.590. The standard InChI is InChI=1S/C16H20ClN3O3S/c17-12-3-1-2-4-13(12)18-15(21)9-20-11-24-10-14(20)16(22)19-5-7-23-8-6-19/h1-4,14H,5-11H2,(H,18,21). The maximum absolute atomic E-state index is 12.7. The first kappa shape index (κ1) is 17.5. The molecule has 24 heavy (non-hydrogen) atoms. The molecule has 0 bridgehead atoms. The third-order valence-corrected chi connectivity index (χ3v) is 5.47. The van der Waals surface area contributed by atoms with Crippen molar-refractivity contribution < 1.29 is 14.3 Å². The molecule has 1 atom stereocenters. The molecule has 0 saturated carbocycles. The molecule has 1 aromatic rings. The normalized spacial score (nSPS) is 21.7. The quantitative estimate of drug-likeness (QED) is 0.871. The molecular formula is C16H20ClN3O3S. The second kappa shape index (κ2) is 8.20. The topological polar surface area (TPSA) is 61.9 Å². The lowest BCUT2D eigenvalue weighted by Crippen LogP contribution is -2.51. The minimum atomic E-state index is -0.245. The Balaban J connectivity index is 1.58. The van der Waals surface area contributed by atoms with Crippen molar-refractivity contribution >= 4 is 40.9 Å². The van der Waals surface area contributed by atoms with Crippen LogP contribution in [0.2, 0.25) is 5.02 Å². The molecule has 0 radical (unpaired) electrons. The zero-order valence-electron chi connectivity index (χ0n) is 13.2. The van der Waals surface area contributed by atoms with Gasteiger partial charge in [0.05, 0.1) is 36.5 Å². The van der Waals surface area contributed by atoms with Gasteiger partial charge >= 0.3 is 0 Å². The zero-order valence-corrected chi connectivity index (χ0v) is 14.8. The average molecular weight is 370 g/mol. The van der Waals surface area contributed by atoms with Crippen molar-refractivity contribution in [1.29, 1.82) is 0 Å². The molecule has 1 N–H and O–H groups in total. The number of amides is 2. The van der Waals surface area contributed by atoms with Gasteiger partial charge in [-0.1, -0.05) is 23.7 Å². The van der Waals surface area contributed by atoms with Gasteiger partial charge in [0.25, 0.3) is 0 Å². The number of nitrogens with zero attached hydrogens (tertiary/aromatic N) is 2. The molecule has 130 valence electrons. The lowest BCUT2D eigenvalue weighted by atomic mass is 10.2. The van der Waals surface area contributed by atoms with Gasteiger partial charge in [-0.25, -0.2) is 0 Å². The van der Waals surface area contributed by atoms with Gasteiger partial charge in [0.1, 0.15) is 0 Å². The van der Waals surface area contributed by atoms with Crippen LogP contribution in [0.1, 0.15) is 0 Å². The number of rotatable bonds is 4. The van der Waals surface area contributed by atoms with E-state index in [-0.39, 0.29) is 24.4 Å². The van der Waals surface area contributed by atoms with E-state index in [1.54, 1.807) is 23.9 Å². The van der Waals surface area contributed by atoms with Gasteiger partial charge in [-0.05, 0) is 12.1 Å². The molecule has 1 aromatic carbocycles. The Morgan fingerprint density at radius 1 is 1.29 bits per heavy atom. The number of para-hydroxylation sites is 1. The highest BCUT2D eigenvalue weighted by molar-refractivity contribution is 7.99. The fourth-order valence-electron chi connectivity index (χ4n) is 2.79. The van der Waals surface area contributed by atoms with E-state index in [0.717, 1.165) is 5.75 Å². The van der Waals surface area contributed by atoms with Crippen molar-refractivity contribution in [3.63, 3.8) is 0 Å². The molecule has 3 rings (SSSR count). The minimum absolute atomic E-state index is 0.0915. The van der Waals surface area contributed by atoms with Gasteiger partial charge < -0.3 is 15.0 Å². The second-order valence-electron chi connectivity index (χ2n) is 5.73. The Hall–Kier alpha value is -1.28. The summed E-state index contributed by atoms with van der Waals surface area (Å²) in [6.07, 6.45) is 0. The Bertz CT molecular complexity index is 610. The second-order valence-corrected chi connectivity index (χ2v) is 7.14. The van der Waals surface area contributed by atoms with Crippen molar-refractivity contribution in [2.75, 3.05) is 49.8 Å². The monoisotopic (exact) mass is 369 g/mol. The molecule has 8 heteroatoms. The summed E-state index contributed by atoms with van der Waals surface area (Å²) in [5.74, 6) is 1.32. The molecule has 2 aliphatic rings. The van der Waals surface area contributed by atoms with Gasteiger partial charge in [-0.15, -0.1) is 11.8 Å². The zero-order chi connectivity index (χ0) is 16.9. The van der Waals surface area contributed by atoms with Crippen LogP contribution < -0.4 is 5.32 Å². The van der Waals surface area contributed by atoms with Crippen LogP contribution in [0.4, 0.5) is 5.69 Å². The molecule has 2 heterocycles. The first-order valence-corrected chi connectivity index (χ1v) is 9.41. The van der Waals surface area contributed by atoms with E-state index in [1.165, 1.54) is 0 Å². The highest BCUT2D eigenvalue weighted by Crippen LogP contribution is 2.24. The number of ether oxygens (including phenoxy) is 1. The first-order chi connectivity index (χ1) is 11.6. The van der Waals surface area contributed by atoms with Crippen LogP contribution >= 0.6 is 23.4 Å². The van der Waals surface area contributed by atoms with Crippen LogP contribution in [0.15, 0.2) is 24.3 Å². The van der Waals surface area contributed by atoms with Gasteiger partial charge in [-0.2, -0.15) is 0 Å². The molecule has 2 fully saturated rings. The maximum Gasteiger partial charge on any atom is 0.240 e. The number of halogens is 1. The van der Waals surface area contributed by atoms with E-state index in [2.05, 4.69) is 5.32 Å². The predicted octanol–water partition coefficient (Wildman–Crippen LogP) is 1.51. The Morgan fingerprint density at radius 3 is 2.79 bits per heavy atom. The van der Waals surface area contributed by atoms with Gasteiger partial charge in [0.2, 0.25) is 11.8 Å². The SMILES string of the molecule is O=C(CN1CSCC1C(=O)N1CCOCC1)Nc1ccccc1Cl. The van der Waals surface area contributed by atoms with E-state index in [1.807, 2.05) is 21.9 Å². The van der Waals surface area contributed by atoms with Crippen molar-refractivity contribution in [2.24, 2.45) is 0 Å². The summed E-state index contributed by atoms with van der Waals surface area (Å²) in [6.45, 7) is 2.59. The van der Waals surface area contributed by atoms with Crippen LogP contribution in [0.25, 0.3) is 0 Å². The summed E-state index contributed by atoms with van der Waals surface area (Å²) in [5, 5.41) is 3.31. The molecule has 6 nitrogen and oxygen atoms in total. The molecule has 0 spiro atoms. The van der Waals surface area contributed by atoms with Crippen LogP contribution in [0, 0.1) is 0 Å². The molecular weight excluding hydrogens is 350 g/mol. The number of morpholine rings is 1. The number of nitrogens with one attached hydrogen (secondary N) is 1. The van der Waals surface area contributed by atoms with E-state index in [4.69, 9.17) is 16.3 Å². The van der Waals surface area contributed by atoms with Crippen LogP contribution in [0.5, 0.6) is 0 Å². The van der Waals surface area contributed by atoms with Crippen molar-refractivity contribution in [1.82, 2.24) is 9.80 Å². The number of benzene rings is 1. The average Bonchev–Trinajstić information content (AvgIpc) is 3.05. The number of hydrogen-bond donors (Lipinski definition) is 1. The fraction of sp³-hybridized carbons (Fsp3) is 0.500. The third-order valence-electron chi connectivity index (χ3n) is 4.08. The number of thioether (sulfide) groups is 1. The Morgan fingerprint density at radius 2 is 2.04 bits per heavy atom. The van der Waals surface area contributed by atoms with Crippen molar-refractivity contribution in [3.05, 3.63) is 29.3 Å². The summed E-state index contributed by atoms with van der Waals surface area (Å²) in [6, 6.07) is 6.87. The van der Waals surface area contributed by atoms with Crippen LogP contribution in [0.3, 0.4) is 0 Å². The van der Waals surface area contributed by atoms with E-state index in [0.29, 0.717) is 42.9 Å². The number of carbonyl (C=O) groups excluding carboxylic acids is 2. The van der Waals surface area contributed by atoms with Gasteiger partial charge in [0.15, 0.2) is 0 Å². The molecule has 0 aromatic heterocycles. The van der Waals surface area contributed by atoms with E-state index >= 15 is 0 Å². The van der Waals surface area contributed by atoms with Crippen LogP contribution in [-0.4, -0.2) is 72.1 Å². The lowest BCUT2D eigenvalue weighted by Gasteiger charge is -2.31. The van der Waals surface area contributed by atoms with Crippen molar-refractivity contribution in [3.8, 4) is 0 Å². The third kappa shape index (κ3) is 4.22. The summed E-state index contributed by atoms with van der Waals surface area (Å²) < 4.78 is 5.29. The van der Waals surface area contributed by atoms with Crippen LogP contribution in [-0.2, 0) is 14.3 Å². The Labute approximate surface area is 150 Å². The molecule has 2 amide bonds. The van der Waals surface area contributed by atoms with Gasteiger partial charge in [-0.3, -0.25) is 14.5 Å². The number of hydrogen-bond acceptors (Lipinski definition) is 5. The first-order valence-electron chi connectivity index (χ1n) is 7.88. The summed E-state index contributed by atoms with van der Waals surface area (Å²) in [7, 11) is 0. The number of anilines is 1. The number of carbonyl (C=O) groups is 2. The molecule has 2 saturated heterocycles. The highest BCUT2D eigenvalue weighted by atomic mass is 35.5. The summed E-state index contributed by atoms with van der Waals surface area (Å²) in [4.78, 5) is 28.7. The predicted molar refractivity (Wildman–Crippen MR) is 95.3 cm³/mol.